The SMILES string of the molecule is COc1ccc(CC(=O)N2CCC(C)(C(=O)O)C2)nc1. The Hall–Kier alpha value is -2.11. The van der Waals surface area contributed by atoms with Gasteiger partial charge >= 0.3 is 5.97 Å². The maximum atomic E-state index is 12.1. The number of amides is 1. The molecule has 0 radical (unpaired) electrons. The lowest BCUT2D eigenvalue weighted by atomic mass is 9.90. The van der Waals surface area contributed by atoms with E-state index in [1.54, 1.807) is 37.3 Å². The summed E-state index contributed by atoms with van der Waals surface area (Å²) in [5.41, 5.74) is -0.178. The van der Waals surface area contributed by atoms with E-state index in [1.807, 2.05) is 0 Å². The number of ether oxygens (including phenoxy) is 1. The number of nitrogens with zero attached hydrogens (tertiary/aromatic N) is 2. The highest BCUT2D eigenvalue weighted by molar-refractivity contribution is 5.81. The molecule has 0 aliphatic carbocycles. The van der Waals surface area contributed by atoms with Gasteiger partial charge < -0.3 is 14.7 Å². The van der Waals surface area contributed by atoms with Crippen LogP contribution in [0.3, 0.4) is 0 Å². The number of carboxylic acids is 1. The molecule has 1 N–H and O–H groups in total. The number of pyridine rings is 1. The molecule has 1 fully saturated rings. The van der Waals surface area contributed by atoms with Crippen LogP contribution in [0.5, 0.6) is 5.75 Å². The van der Waals surface area contributed by atoms with Crippen molar-refractivity contribution >= 4 is 11.9 Å². The van der Waals surface area contributed by atoms with Crippen molar-refractivity contribution in [3.63, 3.8) is 0 Å². The summed E-state index contributed by atoms with van der Waals surface area (Å²) in [5.74, 6) is -0.302. The monoisotopic (exact) mass is 278 g/mol. The van der Waals surface area contributed by atoms with Crippen molar-refractivity contribution in [1.82, 2.24) is 9.88 Å². The maximum absolute atomic E-state index is 12.1. The van der Waals surface area contributed by atoms with E-state index in [9.17, 15) is 9.59 Å². The molecule has 1 aromatic rings. The summed E-state index contributed by atoms with van der Waals surface area (Å²) in [6, 6.07) is 3.49. The Morgan fingerprint density at radius 2 is 2.25 bits per heavy atom. The highest BCUT2D eigenvalue weighted by Gasteiger charge is 2.41. The zero-order valence-corrected chi connectivity index (χ0v) is 11.6. The number of methoxy groups -OCH3 is 1. The van der Waals surface area contributed by atoms with Gasteiger partial charge in [-0.3, -0.25) is 14.6 Å². The third kappa shape index (κ3) is 2.89. The van der Waals surface area contributed by atoms with Crippen molar-refractivity contribution in [2.24, 2.45) is 5.41 Å². The fraction of sp³-hybridized carbons (Fsp3) is 0.500. The number of rotatable bonds is 4. The van der Waals surface area contributed by atoms with Crippen molar-refractivity contribution in [3.05, 3.63) is 24.0 Å². The fourth-order valence-electron chi connectivity index (χ4n) is 2.25. The lowest BCUT2D eigenvalue weighted by Crippen LogP contribution is -2.35. The average Bonchev–Trinajstić information content (AvgIpc) is 2.84. The minimum atomic E-state index is -0.852. The first-order chi connectivity index (χ1) is 9.44. The van der Waals surface area contributed by atoms with Crippen molar-refractivity contribution in [2.75, 3.05) is 20.2 Å². The Kier molecular flexibility index (Phi) is 3.92. The first kappa shape index (κ1) is 14.3. The Balaban J connectivity index is 1.97. The van der Waals surface area contributed by atoms with E-state index in [0.29, 0.717) is 24.4 Å². The average molecular weight is 278 g/mol. The number of carboxylic acid groups (broad SMARTS) is 1. The Labute approximate surface area is 117 Å². The van der Waals surface area contributed by atoms with Gasteiger partial charge in [-0.2, -0.15) is 0 Å². The molecule has 0 bridgehead atoms. The van der Waals surface area contributed by atoms with Gasteiger partial charge in [-0.1, -0.05) is 0 Å². The van der Waals surface area contributed by atoms with Crippen LogP contribution in [-0.4, -0.2) is 47.1 Å². The highest BCUT2D eigenvalue weighted by Crippen LogP contribution is 2.30. The Morgan fingerprint density at radius 1 is 1.50 bits per heavy atom. The molecule has 108 valence electrons. The van der Waals surface area contributed by atoms with Crippen LogP contribution in [0.1, 0.15) is 19.0 Å². The number of likely N-dealkylation sites (tertiary alicyclic amines) is 1. The van der Waals surface area contributed by atoms with E-state index in [4.69, 9.17) is 9.84 Å². The summed E-state index contributed by atoms with van der Waals surface area (Å²) in [6.45, 7) is 2.42. The quantitative estimate of drug-likeness (QED) is 0.887. The topological polar surface area (TPSA) is 79.7 Å². The molecule has 0 saturated carbocycles. The molecule has 0 aromatic carbocycles. The predicted octanol–water partition coefficient (Wildman–Crippen LogP) is 0.956. The van der Waals surface area contributed by atoms with Gasteiger partial charge in [-0.15, -0.1) is 0 Å². The molecule has 20 heavy (non-hydrogen) atoms. The summed E-state index contributed by atoms with van der Waals surface area (Å²) < 4.78 is 5.00. The number of aromatic nitrogens is 1. The third-order valence-electron chi connectivity index (χ3n) is 3.71. The van der Waals surface area contributed by atoms with Crippen LogP contribution in [0.2, 0.25) is 0 Å². The summed E-state index contributed by atoms with van der Waals surface area (Å²) in [7, 11) is 1.55. The second kappa shape index (κ2) is 5.48. The molecule has 6 nitrogen and oxygen atoms in total. The van der Waals surface area contributed by atoms with E-state index < -0.39 is 11.4 Å². The summed E-state index contributed by atoms with van der Waals surface area (Å²) in [5, 5.41) is 9.16. The van der Waals surface area contributed by atoms with Gasteiger partial charge in [-0.05, 0) is 25.5 Å². The smallest absolute Gasteiger partial charge is 0.311 e. The van der Waals surface area contributed by atoms with Crippen LogP contribution in [0.25, 0.3) is 0 Å². The van der Waals surface area contributed by atoms with E-state index in [1.165, 1.54) is 0 Å². The van der Waals surface area contributed by atoms with Gasteiger partial charge in [-0.25, -0.2) is 0 Å². The van der Waals surface area contributed by atoms with Crippen LogP contribution >= 0.6 is 0 Å². The first-order valence-electron chi connectivity index (χ1n) is 6.45. The molecule has 2 rings (SSSR count). The molecule has 6 heteroatoms. The molecule has 1 saturated heterocycles. The van der Waals surface area contributed by atoms with Crippen molar-refractivity contribution < 1.29 is 19.4 Å². The molecule has 2 heterocycles. The first-order valence-corrected chi connectivity index (χ1v) is 6.45. The van der Waals surface area contributed by atoms with Gasteiger partial charge in [0, 0.05) is 18.8 Å². The number of aliphatic carboxylic acids is 1. The predicted molar refractivity (Wildman–Crippen MR) is 71.4 cm³/mol. The van der Waals surface area contributed by atoms with Gasteiger partial charge in [0.05, 0.1) is 25.1 Å². The van der Waals surface area contributed by atoms with Crippen LogP contribution in [0, 0.1) is 5.41 Å². The Bertz CT molecular complexity index is 514. The van der Waals surface area contributed by atoms with Gasteiger partial charge in [0.15, 0.2) is 0 Å². The lowest BCUT2D eigenvalue weighted by Gasteiger charge is -2.20. The van der Waals surface area contributed by atoms with Crippen molar-refractivity contribution in [2.45, 2.75) is 19.8 Å². The van der Waals surface area contributed by atoms with Gasteiger partial charge in [0.2, 0.25) is 5.91 Å². The van der Waals surface area contributed by atoms with E-state index in [0.717, 1.165) is 0 Å². The zero-order chi connectivity index (χ0) is 14.8. The number of hydrogen-bond donors (Lipinski definition) is 1. The molecule has 1 atom stereocenters. The molecule has 1 amide bonds. The normalized spacial score (nSPS) is 21.8. The molecule has 1 aliphatic rings. The Morgan fingerprint density at radius 3 is 2.75 bits per heavy atom. The van der Waals surface area contributed by atoms with Crippen molar-refractivity contribution in [1.29, 1.82) is 0 Å². The highest BCUT2D eigenvalue weighted by atomic mass is 16.5. The largest absolute Gasteiger partial charge is 0.495 e. The van der Waals surface area contributed by atoms with Gasteiger partial charge in [0.25, 0.3) is 0 Å². The second-order valence-corrected chi connectivity index (χ2v) is 5.30. The minimum Gasteiger partial charge on any atom is -0.495 e. The molecule has 0 spiro atoms. The summed E-state index contributed by atoms with van der Waals surface area (Å²) >= 11 is 0. The van der Waals surface area contributed by atoms with Crippen LogP contribution in [0.4, 0.5) is 0 Å². The fourth-order valence-corrected chi connectivity index (χ4v) is 2.25. The van der Waals surface area contributed by atoms with E-state index in [-0.39, 0.29) is 18.9 Å². The maximum Gasteiger partial charge on any atom is 0.311 e. The second-order valence-electron chi connectivity index (χ2n) is 5.30. The summed E-state index contributed by atoms with van der Waals surface area (Å²) in [4.78, 5) is 29.0. The minimum absolute atomic E-state index is 0.0901. The van der Waals surface area contributed by atoms with E-state index in [2.05, 4.69) is 4.98 Å². The summed E-state index contributed by atoms with van der Waals surface area (Å²) in [6.07, 6.45) is 2.23. The zero-order valence-electron chi connectivity index (χ0n) is 11.6. The van der Waals surface area contributed by atoms with Crippen molar-refractivity contribution in [3.8, 4) is 5.75 Å². The molecule has 1 aromatic heterocycles. The lowest BCUT2D eigenvalue weighted by molar-refractivity contribution is -0.147. The number of carbonyl (C=O) groups excluding carboxylic acids is 1. The standard InChI is InChI=1S/C14H18N2O4/c1-14(13(18)19)5-6-16(9-14)12(17)7-10-3-4-11(20-2)8-15-10/h3-4,8H,5-7,9H2,1-2H3,(H,18,19). The van der Waals surface area contributed by atoms with Crippen LogP contribution < -0.4 is 4.74 Å². The third-order valence-corrected chi connectivity index (χ3v) is 3.71. The molecule has 1 unspecified atom stereocenters. The van der Waals surface area contributed by atoms with Gasteiger partial charge in [0.1, 0.15) is 5.75 Å². The van der Waals surface area contributed by atoms with Crippen LogP contribution in [0.15, 0.2) is 18.3 Å². The number of hydrogen-bond acceptors (Lipinski definition) is 4. The molecule has 1 aliphatic heterocycles. The molecular formula is C14H18N2O4. The molecular weight excluding hydrogens is 260 g/mol. The van der Waals surface area contributed by atoms with Crippen LogP contribution in [-0.2, 0) is 16.0 Å². The van der Waals surface area contributed by atoms with E-state index >= 15 is 0 Å². The number of carbonyl (C=O) groups is 2.